The van der Waals surface area contributed by atoms with Crippen molar-refractivity contribution >= 4 is 28.5 Å². The lowest BCUT2D eigenvalue weighted by molar-refractivity contribution is -0.237. The number of benzene rings is 2. The van der Waals surface area contributed by atoms with Crippen LogP contribution in [0.2, 0.25) is 0 Å². The van der Waals surface area contributed by atoms with Crippen LogP contribution in [0.3, 0.4) is 0 Å². The van der Waals surface area contributed by atoms with Crippen molar-refractivity contribution in [2.24, 2.45) is 0 Å². The van der Waals surface area contributed by atoms with Gasteiger partial charge in [-0.3, -0.25) is 4.79 Å². The fourth-order valence-electron chi connectivity index (χ4n) is 3.90. The topological polar surface area (TPSA) is 82.8 Å². The summed E-state index contributed by atoms with van der Waals surface area (Å²) in [5.41, 5.74) is -2.05. The molecular formula is C23H20F4N2O4. The number of hydrogen-bond acceptors (Lipinski definition) is 5. The minimum Gasteiger partial charge on any atom is -0.478 e. The smallest absolute Gasteiger partial charge is 0.426 e. The number of carbonyl (C=O) groups is 1. The number of nitrogens with one attached hydrogen (secondary N) is 1. The summed E-state index contributed by atoms with van der Waals surface area (Å²) < 4.78 is 58.5. The van der Waals surface area contributed by atoms with Crippen LogP contribution in [0.25, 0.3) is 11.0 Å². The van der Waals surface area contributed by atoms with Crippen molar-refractivity contribution < 1.29 is 31.9 Å². The maximum Gasteiger partial charge on any atom is 0.426 e. The molecule has 0 saturated carbocycles. The monoisotopic (exact) mass is 464 g/mol. The summed E-state index contributed by atoms with van der Waals surface area (Å²) in [5, 5.41) is 12.7. The molecule has 0 amide bonds. The molecule has 33 heavy (non-hydrogen) atoms. The van der Waals surface area contributed by atoms with Crippen LogP contribution in [-0.4, -0.2) is 36.0 Å². The SMILES string of the molecule is Cc1cc(C(C)Nc2ccccc2C(=O)O)c2oc(N3CC(F)(C(F)(F)F)C3)cc(=O)c2c1. The van der Waals surface area contributed by atoms with Crippen molar-refractivity contribution in [2.45, 2.75) is 31.7 Å². The van der Waals surface area contributed by atoms with Gasteiger partial charge >= 0.3 is 12.1 Å². The fraction of sp³-hybridized carbons (Fsp3) is 0.304. The third-order valence-corrected chi connectivity index (χ3v) is 5.69. The zero-order chi connectivity index (χ0) is 24.1. The Labute approximate surface area is 185 Å². The number of rotatable bonds is 5. The average Bonchev–Trinajstić information content (AvgIpc) is 2.70. The predicted molar refractivity (Wildman–Crippen MR) is 115 cm³/mol. The van der Waals surface area contributed by atoms with Gasteiger partial charge in [-0.15, -0.1) is 0 Å². The zero-order valence-corrected chi connectivity index (χ0v) is 17.7. The Balaban J connectivity index is 1.73. The Kier molecular flexibility index (Phi) is 5.34. The van der Waals surface area contributed by atoms with Crippen LogP contribution < -0.4 is 15.6 Å². The van der Waals surface area contributed by atoms with E-state index >= 15 is 0 Å². The van der Waals surface area contributed by atoms with Gasteiger partial charge in [0, 0.05) is 17.3 Å². The first-order valence-electron chi connectivity index (χ1n) is 10.1. The van der Waals surface area contributed by atoms with Crippen molar-refractivity contribution in [3.8, 4) is 0 Å². The first kappa shape index (κ1) is 22.6. The summed E-state index contributed by atoms with van der Waals surface area (Å²) in [6.45, 7) is 1.57. The fourth-order valence-corrected chi connectivity index (χ4v) is 3.90. The van der Waals surface area contributed by atoms with Gasteiger partial charge in [0.15, 0.2) is 11.3 Å². The standard InChI is InChI=1S/C23H20F4N2O4/c1-12-7-15(13(2)28-17-6-4-3-5-14(17)21(31)32)20-16(8-12)18(30)9-19(33-20)29-10-22(24,11-29)23(25,26)27/h3-9,13,28H,10-11H2,1-2H3,(H,31,32). The quantitative estimate of drug-likeness (QED) is 0.514. The van der Waals surface area contributed by atoms with Crippen molar-refractivity contribution in [1.29, 1.82) is 0 Å². The third kappa shape index (κ3) is 4.01. The van der Waals surface area contributed by atoms with Gasteiger partial charge in [-0.1, -0.05) is 18.2 Å². The number of aryl methyl sites for hydroxylation is 1. The molecule has 1 aliphatic heterocycles. The Morgan fingerprint density at radius 3 is 2.52 bits per heavy atom. The molecule has 0 radical (unpaired) electrons. The molecule has 4 rings (SSSR count). The van der Waals surface area contributed by atoms with Crippen molar-refractivity contribution in [2.75, 3.05) is 23.3 Å². The summed E-state index contributed by atoms with van der Waals surface area (Å²) in [6, 6.07) is 10.2. The second-order valence-corrected chi connectivity index (χ2v) is 8.22. The highest BCUT2D eigenvalue weighted by Gasteiger charge is 2.63. The maximum absolute atomic E-state index is 14.0. The van der Waals surface area contributed by atoms with E-state index in [0.29, 0.717) is 11.3 Å². The molecule has 0 bridgehead atoms. The molecular weight excluding hydrogens is 444 g/mol. The molecule has 1 atom stereocenters. The molecule has 1 saturated heterocycles. The molecule has 1 aliphatic rings. The Hall–Kier alpha value is -3.56. The third-order valence-electron chi connectivity index (χ3n) is 5.69. The van der Waals surface area contributed by atoms with Crippen molar-refractivity contribution in [3.05, 3.63) is 69.4 Å². The first-order valence-corrected chi connectivity index (χ1v) is 10.1. The molecule has 3 aromatic rings. The maximum atomic E-state index is 14.0. The lowest BCUT2D eigenvalue weighted by Gasteiger charge is -2.45. The number of aromatic carboxylic acids is 1. The van der Waals surface area contributed by atoms with Gasteiger partial charge in [0.25, 0.3) is 0 Å². The number of carboxylic acids is 1. The van der Waals surface area contributed by atoms with Crippen molar-refractivity contribution in [3.63, 3.8) is 0 Å². The van der Waals surface area contributed by atoms with Gasteiger partial charge in [-0.2, -0.15) is 13.2 Å². The highest BCUT2D eigenvalue weighted by atomic mass is 19.4. The molecule has 2 aromatic carbocycles. The lowest BCUT2D eigenvalue weighted by Crippen LogP contribution is -2.66. The van der Waals surface area contributed by atoms with Crippen LogP contribution in [0.5, 0.6) is 0 Å². The normalized spacial score (nSPS) is 16.4. The van der Waals surface area contributed by atoms with Gasteiger partial charge < -0.3 is 19.7 Å². The molecule has 10 heteroatoms. The van der Waals surface area contributed by atoms with E-state index in [1.54, 1.807) is 44.2 Å². The number of hydrogen-bond donors (Lipinski definition) is 2. The summed E-state index contributed by atoms with van der Waals surface area (Å²) in [5.74, 6) is -1.28. The Morgan fingerprint density at radius 2 is 1.88 bits per heavy atom. The van der Waals surface area contributed by atoms with Gasteiger partial charge in [-0.25, -0.2) is 9.18 Å². The largest absolute Gasteiger partial charge is 0.478 e. The Morgan fingerprint density at radius 1 is 1.21 bits per heavy atom. The van der Waals surface area contributed by atoms with E-state index in [-0.39, 0.29) is 22.4 Å². The highest BCUT2D eigenvalue weighted by molar-refractivity contribution is 5.94. The van der Waals surface area contributed by atoms with Crippen molar-refractivity contribution in [1.82, 2.24) is 0 Å². The first-order chi connectivity index (χ1) is 15.4. The van der Waals surface area contributed by atoms with Gasteiger partial charge in [0.05, 0.1) is 30.1 Å². The summed E-state index contributed by atoms with van der Waals surface area (Å²) in [4.78, 5) is 25.3. The molecule has 0 spiro atoms. The van der Waals surface area contributed by atoms with Crippen LogP contribution in [-0.2, 0) is 0 Å². The number of alkyl halides is 4. The summed E-state index contributed by atoms with van der Waals surface area (Å²) >= 11 is 0. The van der Waals surface area contributed by atoms with Crippen LogP contribution in [0.4, 0.5) is 29.1 Å². The number of para-hydroxylation sites is 1. The van der Waals surface area contributed by atoms with E-state index in [4.69, 9.17) is 4.42 Å². The predicted octanol–water partition coefficient (Wildman–Crippen LogP) is 5.06. The van der Waals surface area contributed by atoms with Gasteiger partial charge in [-0.05, 0) is 37.6 Å². The number of fused-ring (bicyclic) bond motifs is 1. The molecule has 1 fully saturated rings. The second kappa shape index (κ2) is 7.79. The van der Waals surface area contributed by atoms with Gasteiger partial charge in [0.1, 0.15) is 5.58 Å². The molecule has 174 valence electrons. The molecule has 6 nitrogen and oxygen atoms in total. The second-order valence-electron chi connectivity index (χ2n) is 8.22. The summed E-state index contributed by atoms with van der Waals surface area (Å²) in [6.07, 6.45) is -5.01. The van der Waals surface area contributed by atoms with Crippen LogP contribution >= 0.6 is 0 Å². The highest BCUT2D eigenvalue weighted by Crippen LogP contribution is 2.43. The van der Waals surface area contributed by atoms with Crippen LogP contribution in [0.15, 0.2) is 51.7 Å². The number of carboxylic acid groups (broad SMARTS) is 1. The zero-order valence-electron chi connectivity index (χ0n) is 17.7. The Bertz CT molecular complexity index is 1300. The molecule has 2 N–H and O–H groups in total. The van der Waals surface area contributed by atoms with E-state index < -0.39 is 42.4 Å². The van der Waals surface area contributed by atoms with Gasteiger partial charge in [0.2, 0.25) is 5.67 Å². The van der Waals surface area contributed by atoms with E-state index in [2.05, 4.69) is 5.32 Å². The summed E-state index contributed by atoms with van der Waals surface area (Å²) in [7, 11) is 0. The molecule has 2 heterocycles. The number of nitrogens with zero attached hydrogens (tertiary/aromatic N) is 1. The number of halogens is 4. The van der Waals surface area contributed by atoms with E-state index in [1.165, 1.54) is 6.07 Å². The molecule has 1 unspecified atom stereocenters. The van der Waals surface area contributed by atoms with E-state index in [1.807, 2.05) is 0 Å². The lowest BCUT2D eigenvalue weighted by atomic mass is 9.95. The average molecular weight is 464 g/mol. The van der Waals surface area contributed by atoms with Crippen LogP contribution in [0, 0.1) is 6.92 Å². The molecule has 1 aromatic heterocycles. The minimum atomic E-state index is -5.01. The molecule has 0 aliphatic carbocycles. The van der Waals surface area contributed by atoms with E-state index in [9.17, 15) is 32.3 Å². The number of anilines is 2. The minimum absolute atomic E-state index is 0.0514. The van der Waals surface area contributed by atoms with E-state index in [0.717, 1.165) is 16.5 Å². The van der Waals surface area contributed by atoms with Crippen LogP contribution in [0.1, 0.15) is 34.5 Å².